The Balaban J connectivity index is 2.30. The van der Waals surface area contributed by atoms with Gasteiger partial charge < -0.3 is 14.8 Å². The summed E-state index contributed by atoms with van der Waals surface area (Å²) < 4.78 is 0. The van der Waals surface area contributed by atoms with Gasteiger partial charge in [0.1, 0.15) is 5.69 Å². The molecule has 0 unspecified atom stereocenters. The smallest absolute Gasteiger partial charge is 0.143 e. The SMILES string of the molecule is CCCCCCCCCCCCc1cccc(C(=O)[O-])c1[NH+](C)C. The number of nitrogens with one attached hydrogen (secondary N) is 1. The number of hydrogen-bond acceptors (Lipinski definition) is 2. The predicted molar refractivity (Wildman–Crippen MR) is 98.8 cm³/mol. The fourth-order valence-electron chi connectivity index (χ4n) is 3.37. The number of aromatic carboxylic acids is 1. The monoisotopic (exact) mass is 333 g/mol. The molecule has 1 aromatic carbocycles. The fraction of sp³-hybridized carbons (Fsp3) is 0.667. The first-order valence-corrected chi connectivity index (χ1v) is 9.71. The first-order valence-electron chi connectivity index (χ1n) is 9.71. The summed E-state index contributed by atoms with van der Waals surface area (Å²) in [5.74, 6) is -1.07. The normalized spacial score (nSPS) is 11.2. The first kappa shape index (κ1) is 20.7. The van der Waals surface area contributed by atoms with E-state index in [0.29, 0.717) is 5.56 Å². The zero-order valence-corrected chi connectivity index (χ0v) is 15.8. The number of benzene rings is 1. The molecule has 1 aromatic rings. The average molecular weight is 334 g/mol. The lowest BCUT2D eigenvalue weighted by molar-refractivity contribution is -0.787. The number of carboxylic acid groups (broad SMARTS) is 1. The molecule has 1 rings (SSSR count). The molecule has 24 heavy (non-hydrogen) atoms. The van der Waals surface area contributed by atoms with E-state index in [9.17, 15) is 9.90 Å². The number of hydrogen-bond donors (Lipinski definition) is 1. The number of rotatable bonds is 13. The van der Waals surface area contributed by atoms with Crippen LogP contribution in [0.4, 0.5) is 5.69 Å². The molecule has 0 aromatic heterocycles. The molecule has 3 nitrogen and oxygen atoms in total. The van der Waals surface area contributed by atoms with E-state index in [2.05, 4.69) is 13.0 Å². The highest BCUT2D eigenvalue weighted by Crippen LogP contribution is 2.20. The standard InChI is InChI=1S/C21H35NO2/c1-4-5-6-7-8-9-10-11-12-13-15-18-16-14-17-19(21(23)24)20(18)22(2)3/h14,16-17H,4-13,15H2,1-3H3,(H,23,24). The van der Waals surface area contributed by atoms with Crippen LogP contribution in [0.25, 0.3) is 0 Å². The van der Waals surface area contributed by atoms with Gasteiger partial charge in [0.15, 0.2) is 0 Å². The number of carbonyl (C=O) groups excluding carboxylic acids is 1. The zero-order chi connectivity index (χ0) is 17.8. The Labute approximate surface area is 148 Å². The lowest BCUT2D eigenvalue weighted by atomic mass is 9.99. The molecule has 0 bridgehead atoms. The van der Waals surface area contributed by atoms with Crippen LogP contribution in [-0.4, -0.2) is 20.1 Å². The maximum atomic E-state index is 11.3. The van der Waals surface area contributed by atoms with Crippen molar-refractivity contribution in [3.63, 3.8) is 0 Å². The van der Waals surface area contributed by atoms with Crippen molar-refractivity contribution in [2.24, 2.45) is 0 Å². The highest BCUT2D eigenvalue weighted by atomic mass is 16.4. The predicted octanol–water partition coefficient (Wildman–Crippen LogP) is 3.29. The van der Waals surface area contributed by atoms with Gasteiger partial charge in [0.25, 0.3) is 0 Å². The molecule has 0 radical (unpaired) electrons. The molecular formula is C21H35NO2. The number of quaternary nitrogens is 1. The largest absolute Gasteiger partial charge is 0.545 e. The maximum Gasteiger partial charge on any atom is 0.143 e. The molecular weight excluding hydrogens is 298 g/mol. The van der Waals surface area contributed by atoms with Crippen LogP contribution in [0.1, 0.15) is 87.1 Å². The van der Waals surface area contributed by atoms with Crippen molar-refractivity contribution in [3.05, 3.63) is 29.3 Å². The van der Waals surface area contributed by atoms with E-state index in [1.54, 1.807) is 6.07 Å². The third kappa shape index (κ3) is 7.48. The van der Waals surface area contributed by atoms with Crippen molar-refractivity contribution in [3.8, 4) is 0 Å². The Bertz CT molecular complexity index is 483. The van der Waals surface area contributed by atoms with Crippen molar-refractivity contribution in [1.29, 1.82) is 0 Å². The molecule has 1 N–H and O–H groups in total. The number of aryl methyl sites for hydroxylation is 1. The van der Waals surface area contributed by atoms with E-state index >= 15 is 0 Å². The van der Waals surface area contributed by atoms with Gasteiger partial charge in [-0.1, -0.05) is 76.8 Å². The summed E-state index contributed by atoms with van der Waals surface area (Å²) in [6, 6.07) is 5.55. The number of carbonyl (C=O) groups is 1. The van der Waals surface area contributed by atoms with E-state index in [1.165, 1.54) is 57.8 Å². The fourth-order valence-corrected chi connectivity index (χ4v) is 3.37. The van der Waals surface area contributed by atoms with Crippen LogP contribution in [0.5, 0.6) is 0 Å². The average Bonchev–Trinajstić information content (AvgIpc) is 2.56. The van der Waals surface area contributed by atoms with E-state index < -0.39 is 5.97 Å². The molecule has 0 atom stereocenters. The molecule has 0 aliphatic carbocycles. The van der Waals surface area contributed by atoms with Gasteiger partial charge in [0.05, 0.1) is 25.6 Å². The molecule has 0 heterocycles. The van der Waals surface area contributed by atoms with Gasteiger partial charge in [0.2, 0.25) is 0 Å². The molecule has 0 saturated heterocycles. The van der Waals surface area contributed by atoms with Gasteiger partial charge in [-0.2, -0.15) is 0 Å². The molecule has 0 fully saturated rings. The van der Waals surface area contributed by atoms with Crippen LogP contribution in [0.3, 0.4) is 0 Å². The topological polar surface area (TPSA) is 44.6 Å². The molecule has 3 heteroatoms. The van der Waals surface area contributed by atoms with Crippen LogP contribution in [0, 0.1) is 0 Å². The van der Waals surface area contributed by atoms with Crippen LogP contribution < -0.4 is 10.0 Å². The third-order valence-electron chi connectivity index (χ3n) is 4.67. The van der Waals surface area contributed by atoms with Crippen molar-refractivity contribution in [2.45, 2.75) is 77.6 Å². The van der Waals surface area contributed by atoms with Gasteiger partial charge in [0, 0.05) is 5.56 Å². The highest BCUT2D eigenvalue weighted by Gasteiger charge is 2.15. The summed E-state index contributed by atoms with van der Waals surface area (Å²) >= 11 is 0. The van der Waals surface area contributed by atoms with Gasteiger partial charge in [-0.25, -0.2) is 0 Å². The second kappa shape index (κ2) is 12.1. The highest BCUT2D eigenvalue weighted by molar-refractivity contribution is 5.91. The second-order valence-corrected chi connectivity index (χ2v) is 7.06. The third-order valence-corrected chi connectivity index (χ3v) is 4.67. The number of carboxylic acids is 1. The van der Waals surface area contributed by atoms with Crippen molar-refractivity contribution >= 4 is 11.7 Å². The Morgan fingerprint density at radius 2 is 1.46 bits per heavy atom. The van der Waals surface area contributed by atoms with Crippen LogP contribution >= 0.6 is 0 Å². The van der Waals surface area contributed by atoms with E-state index in [0.717, 1.165) is 29.0 Å². The minimum absolute atomic E-state index is 0.333. The molecule has 0 aliphatic rings. The van der Waals surface area contributed by atoms with Crippen LogP contribution in [0.15, 0.2) is 18.2 Å². The molecule has 136 valence electrons. The lowest BCUT2D eigenvalue weighted by Crippen LogP contribution is -3.01. The maximum absolute atomic E-state index is 11.3. The Morgan fingerprint density at radius 1 is 0.917 bits per heavy atom. The summed E-state index contributed by atoms with van der Waals surface area (Å²) in [4.78, 5) is 12.3. The van der Waals surface area contributed by atoms with Crippen molar-refractivity contribution in [2.75, 3.05) is 14.1 Å². The Hall–Kier alpha value is -1.35. The van der Waals surface area contributed by atoms with Crippen LogP contribution in [0.2, 0.25) is 0 Å². The summed E-state index contributed by atoms with van der Waals surface area (Å²) in [6.45, 7) is 2.26. The first-order chi connectivity index (χ1) is 11.6. The van der Waals surface area contributed by atoms with Crippen molar-refractivity contribution < 1.29 is 14.8 Å². The minimum atomic E-state index is -1.07. The zero-order valence-electron chi connectivity index (χ0n) is 15.8. The summed E-state index contributed by atoms with van der Waals surface area (Å²) in [5.41, 5.74) is 2.37. The lowest BCUT2D eigenvalue weighted by Gasteiger charge is -2.17. The second-order valence-electron chi connectivity index (χ2n) is 7.06. The Morgan fingerprint density at radius 3 is 1.96 bits per heavy atom. The van der Waals surface area contributed by atoms with Gasteiger partial charge >= 0.3 is 0 Å². The van der Waals surface area contributed by atoms with Crippen LogP contribution in [-0.2, 0) is 6.42 Å². The quantitative estimate of drug-likeness (QED) is 0.563. The van der Waals surface area contributed by atoms with E-state index in [1.807, 2.05) is 20.2 Å². The van der Waals surface area contributed by atoms with Gasteiger partial charge in [-0.15, -0.1) is 0 Å². The molecule has 0 saturated carbocycles. The summed E-state index contributed by atoms with van der Waals surface area (Å²) in [6.07, 6.45) is 14.1. The minimum Gasteiger partial charge on any atom is -0.545 e. The molecule has 0 spiro atoms. The Kier molecular flexibility index (Phi) is 10.4. The van der Waals surface area contributed by atoms with Gasteiger partial charge in [-0.05, 0) is 18.9 Å². The van der Waals surface area contributed by atoms with E-state index in [-0.39, 0.29) is 0 Å². The molecule has 0 amide bonds. The van der Waals surface area contributed by atoms with E-state index in [4.69, 9.17) is 0 Å². The number of para-hydroxylation sites is 1. The summed E-state index contributed by atoms with van der Waals surface area (Å²) in [7, 11) is 3.95. The number of unbranched alkanes of at least 4 members (excludes halogenated alkanes) is 9. The molecule has 0 aliphatic heterocycles. The van der Waals surface area contributed by atoms with Gasteiger partial charge in [-0.3, -0.25) is 0 Å². The summed E-state index contributed by atoms with van der Waals surface area (Å²) in [5, 5.41) is 11.3. The van der Waals surface area contributed by atoms with Crippen molar-refractivity contribution in [1.82, 2.24) is 0 Å².